The molecular weight excluding hydrogens is 449 g/mol. The van der Waals surface area contributed by atoms with E-state index < -0.39 is 21.8 Å². The topological polar surface area (TPSA) is 86.8 Å². The summed E-state index contributed by atoms with van der Waals surface area (Å²) in [5, 5.41) is 0. The second-order valence-corrected chi connectivity index (χ2v) is 9.47. The molecule has 32 heavy (non-hydrogen) atoms. The monoisotopic (exact) mass is 472 g/mol. The van der Waals surface area contributed by atoms with Gasteiger partial charge < -0.3 is 14.2 Å². The highest BCUT2D eigenvalue weighted by Gasteiger charge is 2.31. The molecule has 1 N–H and O–H groups in total. The fourth-order valence-electron chi connectivity index (χ4n) is 3.69. The Morgan fingerprint density at radius 2 is 1.72 bits per heavy atom. The first-order valence-electron chi connectivity index (χ1n) is 10.3. The summed E-state index contributed by atoms with van der Waals surface area (Å²) in [4.78, 5) is 3.83. The molecule has 0 radical (unpaired) electrons. The summed E-state index contributed by atoms with van der Waals surface area (Å²) >= 11 is 0. The van der Waals surface area contributed by atoms with Crippen LogP contribution in [0.15, 0.2) is 41.4 Å². The van der Waals surface area contributed by atoms with Crippen molar-refractivity contribution in [3.8, 4) is 17.4 Å². The summed E-state index contributed by atoms with van der Waals surface area (Å²) in [6.07, 6.45) is -1.04. The second kappa shape index (κ2) is 9.14. The third-order valence-corrected chi connectivity index (χ3v) is 6.89. The third kappa shape index (κ3) is 5.44. The number of aromatic nitrogens is 1. The van der Waals surface area contributed by atoms with Crippen LogP contribution in [0.3, 0.4) is 0 Å². The molecule has 2 heterocycles. The van der Waals surface area contributed by atoms with E-state index in [1.54, 1.807) is 6.07 Å². The highest BCUT2D eigenvalue weighted by molar-refractivity contribution is 7.89. The molecular formula is C21H23F3N2O5S. The minimum absolute atomic E-state index is 0.106. The van der Waals surface area contributed by atoms with Crippen molar-refractivity contribution in [2.24, 2.45) is 0 Å². The molecule has 1 aliphatic heterocycles. The van der Waals surface area contributed by atoms with E-state index in [1.165, 1.54) is 18.2 Å². The van der Waals surface area contributed by atoms with Crippen molar-refractivity contribution in [3.63, 3.8) is 0 Å². The standard InChI is InChI=1S/C21H23F3N2O5S/c22-21(23,24)14-2-9-20(25-13-14)31-16-5-3-15(4-6-16)26-32(27,28)17-7-8-18-19(12-17)30-11-1-10-29-18/h2,7-9,12-13,15-16,26H,1,3-6,10-11H2. The van der Waals surface area contributed by atoms with Crippen molar-refractivity contribution in [1.29, 1.82) is 0 Å². The van der Waals surface area contributed by atoms with Crippen LogP contribution in [0.5, 0.6) is 17.4 Å². The highest BCUT2D eigenvalue weighted by atomic mass is 32.2. The Balaban J connectivity index is 1.32. The molecule has 174 valence electrons. The average Bonchev–Trinajstić information content (AvgIpc) is 3.00. The second-order valence-electron chi connectivity index (χ2n) is 7.75. The zero-order valence-electron chi connectivity index (χ0n) is 17.1. The summed E-state index contributed by atoms with van der Waals surface area (Å²) in [6, 6.07) is 6.40. The molecule has 4 rings (SSSR count). The van der Waals surface area contributed by atoms with Crippen molar-refractivity contribution >= 4 is 10.0 Å². The molecule has 0 unspecified atom stereocenters. The Kier molecular flexibility index (Phi) is 6.47. The van der Waals surface area contributed by atoms with E-state index in [4.69, 9.17) is 14.2 Å². The minimum Gasteiger partial charge on any atom is -0.490 e. The molecule has 2 aromatic rings. The Hall–Kier alpha value is -2.53. The van der Waals surface area contributed by atoms with Crippen LogP contribution in [0.2, 0.25) is 0 Å². The van der Waals surface area contributed by atoms with E-state index in [0.717, 1.165) is 18.7 Å². The lowest BCUT2D eigenvalue weighted by Crippen LogP contribution is -2.39. The molecule has 2 aliphatic rings. The number of hydrogen-bond acceptors (Lipinski definition) is 6. The summed E-state index contributed by atoms with van der Waals surface area (Å²) in [5.41, 5.74) is -0.835. The zero-order chi connectivity index (χ0) is 22.8. The van der Waals surface area contributed by atoms with Gasteiger partial charge in [-0.3, -0.25) is 0 Å². The van der Waals surface area contributed by atoms with E-state index in [-0.39, 0.29) is 22.9 Å². The summed E-state index contributed by atoms with van der Waals surface area (Å²) in [5.74, 6) is 1.05. The van der Waals surface area contributed by atoms with E-state index in [0.29, 0.717) is 50.4 Å². The lowest BCUT2D eigenvalue weighted by Gasteiger charge is -2.29. The normalized spacial score (nSPS) is 21.6. The van der Waals surface area contributed by atoms with Gasteiger partial charge in [0.25, 0.3) is 0 Å². The van der Waals surface area contributed by atoms with Gasteiger partial charge in [-0.25, -0.2) is 18.1 Å². The molecule has 1 aliphatic carbocycles. The van der Waals surface area contributed by atoms with Crippen LogP contribution in [0, 0.1) is 0 Å². The number of rotatable bonds is 5. The first-order chi connectivity index (χ1) is 15.2. The Labute approximate surface area is 183 Å². The van der Waals surface area contributed by atoms with Crippen molar-refractivity contribution in [1.82, 2.24) is 9.71 Å². The lowest BCUT2D eigenvalue weighted by atomic mass is 9.94. The van der Waals surface area contributed by atoms with Crippen LogP contribution in [-0.2, 0) is 16.2 Å². The largest absolute Gasteiger partial charge is 0.490 e. The fourth-order valence-corrected chi connectivity index (χ4v) is 5.01. The number of nitrogens with one attached hydrogen (secondary N) is 1. The van der Waals surface area contributed by atoms with Crippen LogP contribution in [-0.4, -0.2) is 38.8 Å². The van der Waals surface area contributed by atoms with Gasteiger partial charge in [-0.2, -0.15) is 13.2 Å². The van der Waals surface area contributed by atoms with Gasteiger partial charge in [0.2, 0.25) is 15.9 Å². The highest BCUT2D eigenvalue weighted by Crippen LogP contribution is 2.33. The fraction of sp³-hybridized carbons (Fsp3) is 0.476. The van der Waals surface area contributed by atoms with E-state index in [2.05, 4.69) is 9.71 Å². The summed E-state index contributed by atoms with van der Waals surface area (Å²) in [6.45, 7) is 0.979. The third-order valence-electron chi connectivity index (χ3n) is 5.38. The Morgan fingerprint density at radius 1 is 1.00 bits per heavy atom. The molecule has 0 amide bonds. The van der Waals surface area contributed by atoms with Crippen LogP contribution in [0.4, 0.5) is 13.2 Å². The Morgan fingerprint density at radius 3 is 2.38 bits per heavy atom. The number of pyridine rings is 1. The van der Waals surface area contributed by atoms with E-state index >= 15 is 0 Å². The molecule has 1 aromatic carbocycles. The maximum atomic E-state index is 12.8. The maximum absolute atomic E-state index is 12.8. The van der Waals surface area contributed by atoms with Gasteiger partial charge in [0.1, 0.15) is 6.10 Å². The average molecular weight is 472 g/mol. The predicted octanol–water partition coefficient (Wildman–Crippen LogP) is 3.93. The molecule has 0 atom stereocenters. The number of hydrogen-bond donors (Lipinski definition) is 1. The van der Waals surface area contributed by atoms with Gasteiger partial charge in [0.15, 0.2) is 11.5 Å². The number of alkyl halides is 3. The van der Waals surface area contributed by atoms with Crippen molar-refractivity contribution in [2.75, 3.05) is 13.2 Å². The lowest BCUT2D eigenvalue weighted by molar-refractivity contribution is -0.137. The van der Waals surface area contributed by atoms with E-state index in [9.17, 15) is 21.6 Å². The SMILES string of the molecule is O=S(=O)(NC1CCC(Oc2ccc(C(F)(F)F)cn2)CC1)c1ccc2c(c1)OCCCO2. The number of nitrogens with zero attached hydrogens (tertiary/aromatic N) is 1. The van der Waals surface area contributed by atoms with Gasteiger partial charge in [-0.15, -0.1) is 0 Å². The van der Waals surface area contributed by atoms with Gasteiger partial charge >= 0.3 is 6.18 Å². The predicted molar refractivity (Wildman–Crippen MR) is 108 cm³/mol. The van der Waals surface area contributed by atoms with Crippen LogP contribution in [0.1, 0.15) is 37.7 Å². The number of fused-ring (bicyclic) bond motifs is 1. The molecule has 0 spiro atoms. The summed E-state index contributed by atoms with van der Waals surface area (Å²) in [7, 11) is -3.75. The first kappa shape index (κ1) is 22.7. The smallest absolute Gasteiger partial charge is 0.417 e. The number of benzene rings is 1. The van der Waals surface area contributed by atoms with Crippen LogP contribution < -0.4 is 18.9 Å². The molecule has 0 saturated heterocycles. The van der Waals surface area contributed by atoms with Crippen LogP contribution >= 0.6 is 0 Å². The molecule has 0 bridgehead atoms. The Bertz CT molecular complexity index is 1040. The van der Waals surface area contributed by atoms with Crippen LogP contribution in [0.25, 0.3) is 0 Å². The molecule has 7 nitrogen and oxygen atoms in total. The van der Waals surface area contributed by atoms with Gasteiger partial charge in [0, 0.05) is 30.8 Å². The van der Waals surface area contributed by atoms with Crippen molar-refractivity contribution < 1.29 is 35.8 Å². The molecule has 1 saturated carbocycles. The van der Waals surface area contributed by atoms with Gasteiger partial charge in [-0.05, 0) is 43.9 Å². The molecule has 1 aromatic heterocycles. The first-order valence-corrected chi connectivity index (χ1v) is 11.8. The van der Waals surface area contributed by atoms with Crippen molar-refractivity contribution in [2.45, 2.75) is 55.3 Å². The summed E-state index contributed by atoms with van der Waals surface area (Å²) < 4.78 is 83.0. The minimum atomic E-state index is -4.45. The number of halogens is 3. The van der Waals surface area contributed by atoms with Gasteiger partial charge in [0.05, 0.1) is 23.7 Å². The quantitative estimate of drug-likeness (QED) is 0.710. The zero-order valence-corrected chi connectivity index (χ0v) is 17.9. The molecule has 1 fully saturated rings. The maximum Gasteiger partial charge on any atom is 0.417 e. The van der Waals surface area contributed by atoms with Crippen molar-refractivity contribution in [3.05, 3.63) is 42.1 Å². The number of sulfonamides is 1. The number of ether oxygens (including phenoxy) is 3. The van der Waals surface area contributed by atoms with E-state index in [1.807, 2.05) is 0 Å². The molecule has 11 heteroatoms. The van der Waals surface area contributed by atoms with Gasteiger partial charge in [-0.1, -0.05) is 0 Å².